The number of halogens is 1. The maximum atomic E-state index is 4.42. The molecule has 0 atom stereocenters. The fourth-order valence-corrected chi connectivity index (χ4v) is 3.01. The first kappa shape index (κ1) is 12.9. The molecule has 1 aromatic heterocycles. The SMILES string of the molecule is Cn1ccnc1CCC1(c2ccc(Br)cc2)CNC1. The van der Waals surface area contributed by atoms with Gasteiger partial charge in [0.2, 0.25) is 0 Å². The van der Waals surface area contributed by atoms with E-state index in [0.717, 1.165) is 30.4 Å². The highest BCUT2D eigenvalue weighted by Crippen LogP contribution is 2.34. The van der Waals surface area contributed by atoms with Gasteiger partial charge in [-0.1, -0.05) is 28.1 Å². The molecular weight excluding hydrogens is 302 g/mol. The summed E-state index contributed by atoms with van der Waals surface area (Å²) < 4.78 is 3.25. The van der Waals surface area contributed by atoms with Crippen LogP contribution in [0, 0.1) is 0 Å². The van der Waals surface area contributed by atoms with E-state index in [2.05, 4.69) is 62.1 Å². The van der Waals surface area contributed by atoms with Crippen LogP contribution in [0.3, 0.4) is 0 Å². The molecule has 19 heavy (non-hydrogen) atoms. The summed E-state index contributed by atoms with van der Waals surface area (Å²) in [6.45, 7) is 2.14. The minimum atomic E-state index is 0.284. The molecule has 0 amide bonds. The van der Waals surface area contributed by atoms with E-state index in [1.165, 1.54) is 11.4 Å². The smallest absolute Gasteiger partial charge is 0.108 e. The van der Waals surface area contributed by atoms with Gasteiger partial charge in [0, 0.05) is 48.8 Å². The molecule has 1 saturated heterocycles. The molecule has 0 bridgehead atoms. The number of nitrogens with zero attached hydrogens (tertiary/aromatic N) is 2. The lowest BCUT2D eigenvalue weighted by molar-refractivity contribution is 0.256. The van der Waals surface area contributed by atoms with Gasteiger partial charge >= 0.3 is 0 Å². The first-order valence-corrected chi connectivity index (χ1v) is 7.42. The summed E-state index contributed by atoms with van der Waals surface area (Å²) in [6.07, 6.45) is 6.06. The van der Waals surface area contributed by atoms with E-state index in [-0.39, 0.29) is 5.41 Å². The molecule has 1 aliphatic rings. The number of rotatable bonds is 4. The minimum Gasteiger partial charge on any atom is -0.338 e. The molecule has 0 saturated carbocycles. The van der Waals surface area contributed by atoms with Crippen LogP contribution in [0.2, 0.25) is 0 Å². The highest BCUT2D eigenvalue weighted by molar-refractivity contribution is 9.10. The largest absolute Gasteiger partial charge is 0.338 e. The van der Waals surface area contributed by atoms with Crippen LogP contribution < -0.4 is 5.32 Å². The van der Waals surface area contributed by atoms with Crippen molar-refractivity contribution in [3.63, 3.8) is 0 Å². The number of imidazole rings is 1. The van der Waals surface area contributed by atoms with Crippen LogP contribution in [0.5, 0.6) is 0 Å². The Kier molecular flexibility index (Phi) is 3.46. The molecule has 3 nitrogen and oxygen atoms in total. The predicted octanol–water partition coefficient (Wildman–Crippen LogP) is 2.66. The van der Waals surface area contributed by atoms with Gasteiger partial charge < -0.3 is 9.88 Å². The van der Waals surface area contributed by atoms with E-state index in [4.69, 9.17) is 0 Å². The summed E-state index contributed by atoms with van der Waals surface area (Å²) in [5.41, 5.74) is 1.72. The molecule has 1 N–H and O–H groups in total. The third-order valence-corrected chi connectivity index (χ3v) is 4.66. The highest BCUT2D eigenvalue weighted by atomic mass is 79.9. The first-order valence-electron chi connectivity index (χ1n) is 6.63. The van der Waals surface area contributed by atoms with Crippen molar-refractivity contribution in [3.8, 4) is 0 Å². The number of hydrogen-bond acceptors (Lipinski definition) is 2. The van der Waals surface area contributed by atoms with Gasteiger partial charge in [0.25, 0.3) is 0 Å². The number of benzene rings is 1. The van der Waals surface area contributed by atoms with Crippen molar-refractivity contribution in [2.24, 2.45) is 7.05 Å². The van der Waals surface area contributed by atoms with Gasteiger partial charge in [-0.15, -0.1) is 0 Å². The van der Waals surface area contributed by atoms with Crippen molar-refractivity contribution in [1.29, 1.82) is 0 Å². The molecule has 1 aliphatic heterocycles. The van der Waals surface area contributed by atoms with E-state index in [1.54, 1.807) is 0 Å². The molecule has 3 rings (SSSR count). The molecule has 2 aromatic rings. The summed E-state index contributed by atoms with van der Waals surface area (Å²) in [7, 11) is 2.06. The number of aryl methyl sites for hydroxylation is 2. The third-order valence-electron chi connectivity index (χ3n) is 4.13. The molecule has 0 spiro atoms. The summed E-state index contributed by atoms with van der Waals surface area (Å²) in [5.74, 6) is 1.17. The van der Waals surface area contributed by atoms with Gasteiger partial charge in [0.05, 0.1) is 0 Å². The molecule has 1 aromatic carbocycles. The van der Waals surface area contributed by atoms with Gasteiger partial charge in [-0.3, -0.25) is 0 Å². The zero-order chi connectivity index (χ0) is 13.3. The Morgan fingerprint density at radius 1 is 1.32 bits per heavy atom. The topological polar surface area (TPSA) is 29.9 Å². The second kappa shape index (κ2) is 5.10. The Labute approximate surface area is 122 Å². The zero-order valence-corrected chi connectivity index (χ0v) is 12.7. The second-order valence-electron chi connectivity index (χ2n) is 5.35. The summed E-state index contributed by atoms with van der Waals surface area (Å²) in [5, 5.41) is 3.42. The Bertz CT molecular complexity index is 555. The minimum absolute atomic E-state index is 0.284. The monoisotopic (exact) mass is 319 g/mol. The summed E-state index contributed by atoms with van der Waals surface area (Å²) in [4.78, 5) is 4.42. The predicted molar refractivity (Wildman–Crippen MR) is 80.2 cm³/mol. The van der Waals surface area contributed by atoms with Crippen molar-refractivity contribution in [1.82, 2.24) is 14.9 Å². The van der Waals surface area contributed by atoms with Crippen molar-refractivity contribution < 1.29 is 0 Å². The fraction of sp³-hybridized carbons (Fsp3) is 0.400. The van der Waals surface area contributed by atoms with Crippen LogP contribution in [0.1, 0.15) is 17.8 Å². The Morgan fingerprint density at radius 2 is 2.05 bits per heavy atom. The van der Waals surface area contributed by atoms with Gasteiger partial charge in [-0.05, 0) is 24.1 Å². The van der Waals surface area contributed by atoms with E-state index < -0.39 is 0 Å². The average molecular weight is 320 g/mol. The lowest BCUT2D eigenvalue weighted by Crippen LogP contribution is -2.57. The second-order valence-corrected chi connectivity index (χ2v) is 6.26. The van der Waals surface area contributed by atoms with Gasteiger partial charge in [0.15, 0.2) is 0 Å². The van der Waals surface area contributed by atoms with Crippen LogP contribution in [0.4, 0.5) is 0 Å². The average Bonchev–Trinajstić information content (AvgIpc) is 2.76. The van der Waals surface area contributed by atoms with Gasteiger partial charge in [-0.2, -0.15) is 0 Å². The van der Waals surface area contributed by atoms with E-state index in [0.29, 0.717) is 0 Å². The molecule has 1 fully saturated rings. The molecule has 0 aliphatic carbocycles. The van der Waals surface area contributed by atoms with Crippen molar-refractivity contribution in [2.75, 3.05) is 13.1 Å². The van der Waals surface area contributed by atoms with E-state index >= 15 is 0 Å². The molecule has 100 valence electrons. The van der Waals surface area contributed by atoms with Crippen LogP contribution >= 0.6 is 15.9 Å². The first-order chi connectivity index (χ1) is 9.20. The standard InChI is InChI=1S/C15H18BrN3/c1-19-9-8-18-14(19)6-7-15(10-17-11-15)12-2-4-13(16)5-3-12/h2-5,8-9,17H,6-7,10-11H2,1H3. The zero-order valence-electron chi connectivity index (χ0n) is 11.1. The molecule has 0 radical (unpaired) electrons. The maximum absolute atomic E-state index is 4.42. The molecular formula is C15H18BrN3. The van der Waals surface area contributed by atoms with E-state index in [9.17, 15) is 0 Å². The molecule has 4 heteroatoms. The van der Waals surface area contributed by atoms with Gasteiger partial charge in [0.1, 0.15) is 5.82 Å². The van der Waals surface area contributed by atoms with Crippen molar-refractivity contribution in [3.05, 3.63) is 52.5 Å². The number of aromatic nitrogens is 2. The normalized spacial score (nSPS) is 17.2. The summed E-state index contributed by atoms with van der Waals surface area (Å²) in [6, 6.07) is 8.75. The lowest BCUT2D eigenvalue weighted by Gasteiger charge is -2.43. The van der Waals surface area contributed by atoms with Crippen LogP contribution in [-0.2, 0) is 18.9 Å². The highest BCUT2D eigenvalue weighted by Gasteiger charge is 2.38. The van der Waals surface area contributed by atoms with Crippen LogP contribution in [-0.4, -0.2) is 22.6 Å². The Balaban J connectivity index is 1.76. The van der Waals surface area contributed by atoms with Crippen molar-refractivity contribution in [2.45, 2.75) is 18.3 Å². The van der Waals surface area contributed by atoms with Crippen LogP contribution in [0.25, 0.3) is 0 Å². The maximum Gasteiger partial charge on any atom is 0.108 e. The number of hydrogen-bond donors (Lipinski definition) is 1. The number of nitrogens with one attached hydrogen (secondary N) is 1. The molecule has 0 unspecified atom stereocenters. The Hall–Kier alpha value is -1.13. The Morgan fingerprint density at radius 3 is 2.58 bits per heavy atom. The summed E-state index contributed by atoms with van der Waals surface area (Å²) >= 11 is 3.50. The third kappa shape index (κ3) is 2.47. The molecule has 2 heterocycles. The van der Waals surface area contributed by atoms with Gasteiger partial charge in [-0.25, -0.2) is 4.98 Å². The van der Waals surface area contributed by atoms with Crippen LogP contribution in [0.15, 0.2) is 41.1 Å². The van der Waals surface area contributed by atoms with Crippen molar-refractivity contribution >= 4 is 15.9 Å². The lowest BCUT2D eigenvalue weighted by atomic mass is 9.72. The fourth-order valence-electron chi connectivity index (χ4n) is 2.74. The quantitative estimate of drug-likeness (QED) is 0.939. The van der Waals surface area contributed by atoms with E-state index in [1.807, 2.05) is 12.4 Å².